The summed E-state index contributed by atoms with van der Waals surface area (Å²) in [7, 11) is 4.04. The van der Waals surface area contributed by atoms with E-state index in [1.54, 1.807) is 0 Å². The molecule has 3 heteroatoms. The van der Waals surface area contributed by atoms with Crippen LogP contribution in [0, 0.1) is 0 Å². The Morgan fingerprint density at radius 3 is 2.57 bits per heavy atom. The Balaban J connectivity index is 0.000000775. The lowest BCUT2D eigenvalue weighted by molar-refractivity contribution is 1.11. The van der Waals surface area contributed by atoms with Gasteiger partial charge in [-0.15, -0.1) is 0 Å². The van der Waals surface area contributed by atoms with Crippen LogP contribution in [0.15, 0.2) is 36.8 Å². The van der Waals surface area contributed by atoms with Gasteiger partial charge in [-0.2, -0.15) is 0 Å². The van der Waals surface area contributed by atoms with Gasteiger partial charge in [0.2, 0.25) is 0 Å². The van der Waals surface area contributed by atoms with E-state index in [2.05, 4.69) is 40.0 Å². The first-order valence-corrected chi connectivity index (χ1v) is 7.44. The molecule has 0 aliphatic heterocycles. The number of hydrogen-bond donors (Lipinski definition) is 0. The zero-order valence-corrected chi connectivity index (χ0v) is 13.5. The largest absolute Gasteiger partial charge is 0.376 e. The maximum atomic E-state index is 4.56. The summed E-state index contributed by atoms with van der Waals surface area (Å²) in [6, 6.07) is 4.29. The Labute approximate surface area is 128 Å². The molecule has 21 heavy (non-hydrogen) atoms. The van der Waals surface area contributed by atoms with Crippen LogP contribution in [0.2, 0.25) is 0 Å². The lowest BCUT2D eigenvalue weighted by atomic mass is 10.1. The molecule has 2 aromatic heterocycles. The van der Waals surface area contributed by atoms with Gasteiger partial charge in [-0.1, -0.05) is 19.9 Å². The standard InChI is InChI=1S/C16H17N3.C2H6.H2/c1-11-4-5-12-9-18-16(7-15(11)12)13-6-14(19(2)3)10-17-8-13;1-2;/h4,6-10H,5H2,1-3H3;1-2H3;1H. The molecule has 0 amide bonds. The second-order valence-electron chi connectivity index (χ2n) is 5.14. The molecule has 2 heterocycles. The molecule has 0 N–H and O–H groups in total. The quantitative estimate of drug-likeness (QED) is 0.816. The fourth-order valence-electron chi connectivity index (χ4n) is 2.36. The van der Waals surface area contributed by atoms with E-state index in [-0.39, 0.29) is 1.43 Å². The van der Waals surface area contributed by atoms with E-state index in [0.29, 0.717) is 0 Å². The van der Waals surface area contributed by atoms with Gasteiger partial charge in [-0.05, 0) is 42.2 Å². The van der Waals surface area contributed by atoms with Gasteiger partial charge >= 0.3 is 0 Å². The summed E-state index contributed by atoms with van der Waals surface area (Å²) < 4.78 is 0. The first-order chi connectivity index (χ1) is 10.1. The van der Waals surface area contributed by atoms with Gasteiger partial charge in [0.25, 0.3) is 0 Å². The number of nitrogens with zero attached hydrogens (tertiary/aromatic N) is 3. The third kappa shape index (κ3) is 3.13. The highest BCUT2D eigenvalue weighted by Gasteiger charge is 2.13. The van der Waals surface area contributed by atoms with Gasteiger partial charge in [0, 0.05) is 33.5 Å². The van der Waals surface area contributed by atoms with Crippen molar-refractivity contribution in [2.45, 2.75) is 27.2 Å². The molecule has 0 unspecified atom stereocenters. The van der Waals surface area contributed by atoms with E-state index in [4.69, 9.17) is 0 Å². The van der Waals surface area contributed by atoms with Crippen LogP contribution < -0.4 is 4.90 Å². The molecule has 0 atom stereocenters. The van der Waals surface area contributed by atoms with Crippen molar-refractivity contribution in [3.05, 3.63) is 47.9 Å². The predicted molar refractivity (Wildman–Crippen MR) is 92.6 cm³/mol. The van der Waals surface area contributed by atoms with Crippen LogP contribution in [-0.4, -0.2) is 24.1 Å². The van der Waals surface area contributed by atoms with E-state index in [1.807, 2.05) is 46.5 Å². The number of aromatic nitrogens is 2. The van der Waals surface area contributed by atoms with Crippen molar-refractivity contribution in [2.24, 2.45) is 0 Å². The maximum absolute atomic E-state index is 4.56. The smallest absolute Gasteiger partial charge is 0.0724 e. The Bertz CT molecular complexity index is 663. The minimum absolute atomic E-state index is 0. The van der Waals surface area contributed by atoms with E-state index >= 15 is 0 Å². The summed E-state index contributed by atoms with van der Waals surface area (Å²) in [6.07, 6.45) is 8.98. The van der Waals surface area contributed by atoms with Crippen LogP contribution in [-0.2, 0) is 6.42 Å². The summed E-state index contributed by atoms with van der Waals surface area (Å²) in [6.45, 7) is 6.16. The fraction of sp³-hybridized carbons (Fsp3) is 0.333. The summed E-state index contributed by atoms with van der Waals surface area (Å²) in [5.74, 6) is 0. The van der Waals surface area contributed by atoms with Crippen molar-refractivity contribution in [3.8, 4) is 11.3 Å². The zero-order chi connectivity index (χ0) is 15.4. The number of allylic oxidation sites excluding steroid dienone is 2. The molecule has 0 fully saturated rings. The molecule has 0 saturated heterocycles. The summed E-state index contributed by atoms with van der Waals surface area (Å²) in [5, 5.41) is 0. The molecule has 0 bridgehead atoms. The third-order valence-corrected chi connectivity index (χ3v) is 3.58. The van der Waals surface area contributed by atoms with Crippen molar-refractivity contribution < 1.29 is 1.43 Å². The van der Waals surface area contributed by atoms with Gasteiger partial charge in [0.15, 0.2) is 0 Å². The van der Waals surface area contributed by atoms with Crippen LogP contribution in [0.25, 0.3) is 16.8 Å². The second kappa shape index (κ2) is 6.53. The summed E-state index contributed by atoms with van der Waals surface area (Å²) >= 11 is 0. The lowest BCUT2D eigenvalue weighted by Gasteiger charge is -2.13. The Hall–Kier alpha value is -2.16. The van der Waals surface area contributed by atoms with Crippen LogP contribution in [0.1, 0.15) is 33.3 Å². The number of rotatable bonds is 2. The molecule has 0 saturated carbocycles. The van der Waals surface area contributed by atoms with E-state index in [0.717, 1.165) is 23.4 Å². The van der Waals surface area contributed by atoms with Gasteiger partial charge in [-0.25, -0.2) is 0 Å². The minimum atomic E-state index is 0. The predicted octanol–water partition coefficient (Wildman–Crippen LogP) is 4.44. The van der Waals surface area contributed by atoms with Crippen molar-refractivity contribution in [3.63, 3.8) is 0 Å². The van der Waals surface area contributed by atoms with Crippen molar-refractivity contribution in [1.29, 1.82) is 0 Å². The molecule has 112 valence electrons. The number of anilines is 1. The molecule has 1 aliphatic carbocycles. The molecular weight excluding hydrogens is 258 g/mol. The van der Waals surface area contributed by atoms with Crippen LogP contribution in [0.4, 0.5) is 5.69 Å². The van der Waals surface area contributed by atoms with Crippen LogP contribution in [0.5, 0.6) is 0 Å². The summed E-state index contributed by atoms with van der Waals surface area (Å²) in [4.78, 5) is 10.9. The van der Waals surface area contributed by atoms with E-state index < -0.39 is 0 Å². The van der Waals surface area contributed by atoms with Crippen LogP contribution >= 0.6 is 0 Å². The first kappa shape index (κ1) is 15.2. The summed E-state index contributed by atoms with van der Waals surface area (Å²) in [5.41, 5.74) is 7.12. The Morgan fingerprint density at radius 2 is 1.86 bits per heavy atom. The van der Waals surface area contributed by atoms with Gasteiger partial charge < -0.3 is 4.90 Å². The Morgan fingerprint density at radius 1 is 1.10 bits per heavy atom. The van der Waals surface area contributed by atoms with Crippen LogP contribution in [0.3, 0.4) is 0 Å². The van der Waals surface area contributed by atoms with Crippen molar-refractivity contribution in [1.82, 2.24) is 9.97 Å². The highest BCUT2D eigenvalue weighted by Crippen LogP contribution is 2.30. The minimum Gasteiger partial charge on any atom is -0.376 e. The number of fused-ring (bicyclic) bond motifs is 1. The SMILES string of the molecule is CC.CC1=CCc2cnc(-c3cncc(N(C)C)c3)cc21.[HH]. The lowest BCUT2D eigenvalue weighted by Crippen LogP contribution is -2.08. The monoisotopic (exact) mass is 283 g/mol. The second-order valence-corrected chi connectivity index (χ2v) is 5.14. The average molecular weight is 283 g/mol. The highest BCUT2D eigenvalue weighted by molar-refractivity contribution is 5.75. The molecule has 3 nitrogen and oxygen atoms in total. The molecule has 0 aromatic carbocycles. The van der Waals surface area contributed by atoms with E-state index in [1.165, 1.54) is 16.7 Å². The molecule has 0 spiro atoms. The highest BCUT2D eigenvalue weighted by atomic mass is 15.1. The molecule has 3 rings (SSSR count). The first-order valence-electron chi connectivity index (χ1n) is 7.44. The molecule has 1 aliphatic rings. The van der Waals surface area contributed by atoms with Gasteiger partial charge in [0.1, 0.15) is 0 Å². The third-order valence-electron chi connectivity index (χ3n) is 3.58. The van der Waals surface area contributed by atoms with Crippen molar-refractivity contribution in [2.75, 3.05) is 19.0 Å². The molecule has 0 radical (unpaired) electrons. The maximum Gasteiger partial charge on any atom is 0.0724 e. The zero-order valence-electron chi connectivity index (χ0n) is 13.5. The Kier molecular flexibility index (Phi) is 4.73. The fourth-order valence-corrected chi connectivity index (χ4v) is 2.36. The topological polar surface area (TPSA) is 29.0 Å². The van der Waals surface area contributed by atoms with Crippen molar-refractivity contribution >= 4 is 11.3 Å². The molecular formula is C18H25N3. The number of hydrogen-bond acceptors (Lipinski definition) is 3. The number of pyridine rings is 2. The van der Waals surface area contributed by atoms with Gasteiger partial charge in [-0.3, -0.25) is 9.97 Å². The normalized spacial score (nSPS) is 12.1. The van der Waals surface area contributed by atoms with E-state index in [9.17, 15) is 0 Å². The van der Waals surface area contributed by atoms with Gasteiger partial charge in [0.05, 0.1) is 17.6 Å². The average Bonchev–Trinajstić information content (AvgIpc) is 2.90. The molecule has 2 aromatic rings.